The van der Waals surface area contributed by atoms with Gasteiger partial charge in [0.2, 0.25) is 5.91 Å². The van der Waals surface area contributed by atoms with Gasteiger partial charge in [-0.3, -0.25) is 4.79 Å². The lowest BCUT2D eigenvalue weighted by Crippen LogP contribution is -2.37. The number of rotatable bonds is 6. The van der Waals surface area contributed by atoms with Crippen molar-refractivity contribution in [3.63, 3.8) is 0 Å². The fourth-order valence-corrected chi connectivity index (χ4v) is 2.62. The zero-order chi connectivity index (χ0) is 14.4. The second-order valence-corrected chi connectivity index (χ2v) is 5.30. The first-order chi connectivity index (χ1) is 9.01. The number of nitrogens with two attached hydrogens (primary N) is 1. The van der Waals surface area contributed by atoms with Crippen LogP contribution in [-0.2, 0) is 4.79 Å². The maximum absolute atomic E-state index is 11.7. The smallest absolute Gasteiger partial charge is 0.242 e. The van der Waals surface area contributed by atoms with Crippen molar-refractivity contribution in [1.29, 1.82) is 0 Å². The number of hydrogen-bond acceptors (Lipinski definition) is 4. The molecule has 0 saturated carbocycles. The lowest BCUT2D eigenvalue weighted by atomic mass is 10.1. The quantitative estimate of drug-likeness (QED) is 0.553. The van der Waals surface area contributed by atoms with E-state index in [0.717, 1.165) is 16.1 Å². The van der Waals surface area contributed by atoms with Crippen molar-refractivity contribution in [3.05, 3.63) is 23.8 Å². The van der Waals surface area contributed by atoms with Crippen LogP contribution in [0.1, 0.15) is 19.4 Å². The van der Waals surface area contributed by atoms with Gasteiger partial charge in [0.1, 0.15) is 11.0 Å². The normalized spacial score (nSPS) is 11.7. The van der Waals surface area contributed by atoms with Gasteiger partial charge in [0.15, 0.2) is 0 Å². The Morgan fingerprint density at radius 3 is 2.74 bits per heavy atom. The molecule has 19 heavy (non-hydrogen) atoms. The second kappa shape index (κ2) is 7.35. The summed E-state index contributed by atoms with van der Waals surface area (Å²) in [6, 6.07) is 5.41. The van der Waals surface area contributed by atoms with Crippen molar-refractivity contribution in [1.82, 2.24) is 5.32 Å². The van der Waals surface area contributed by atoms with Crippen molar-refractivity contribution < 1.29 is 4.79 Å². The first-order valence-electron chi connectivity index (χ1n) is 6.02. The van der Waals surface area contributed by atoms with Crippen molar-refractivity contribution in [2.75, 3.05) is 18.1 Å². The molecular weight excluding hydrogens is 278 g/mol. The number of amides is 1. The van der Waals surface area contributed by atoms with Crippen molar-refractivity contribution in [2.24, 2.45) is 5.73 Å². The monoisotopic (exact) mass is 297 g/mol. The molecule has 4 N–H and O–H groups in total. The van der Waals surface area contributed by atoms with Gasteiger partial charge < -0.3 is 16.4 Å². The average molecular weight is 297 g/mol. The molecule has 0 aliphatic heterocycles. The predicted molar refractivity (Wildman–Crippen MR) is 85.9 cm³/mol. The van der Waals surface area contributed by atoms with E-state index in [1.807, 2.05) is 31.4 Å². The Balaban J connectivity index is 3.01. The van der Waals surface area contributed by atoms with Crippen LogP contribution in [0.5, 0.6) is 0 Å². The van der Waals surface area contributed by atoms with E-state index < -0.39 is 0 Å². The molecule has 1 atom stereocenters. The molecule has 0 heterocycles. The molecule has 1 amide bonds. The topological polar surface area (TPSA) is 67.2 Å². The summed E-state index contributed by atoms with van der Waals surface area (Å²) in [4.78, 5) is 13.1. The summed E-state index contributed by atoms with van der Waals surface area (Å²) in [5.74, 6) is -0.0501. The molecule has 104 valence electrons. The Hall–Kier alpha value is -1.27. The highest BCUT2D eigenvalue weighted by atomic mass is 32.2. The summed E-state index contributed by atoms with van der Waals surface area (Å²) in [7, 11) is 0. The minimum absolute atomic E-state index is 0.0501. The summed E-state index contributed by atoms with van der Waals surface area (Å²) in [5.41, 5.74) is 7.36. The molecule has 6 heteroatoms. The van der Waals surface area contributed by atoms with E-state index in [1.54, 1.807) is 18.7 Å². The minimum Gasteiger partial charge on any atom is -0.389 e. The zero-order valence-corrected chi connectivity index (χ0v) is 13.0. The van der Waals surface area contributed by atoms with Gasteiger partial charge in [-0.2, -0.15) is 0 Å². The van der Waals surface area contributed by atoms with Crippen LogP contribution in [0.15, 0.2) is 23.1 Å². The summed E-state index contributed by atoms with van der Waals surface area (Å²) >= 11 is 6.67. The van der Waals surface area contributed by atoms with E-state index in [1.165, 1.54) is 0 Å². The van der Waals surface area contributed by atoms with E-state index >= 15 is 0 Å². The Bertz CT molecular complexity index is 477. The number of anilines is 1. The van der Waals surface area contributed by atoms with E-state index in [9.17, 15) is 4.79 Å². The molecule has 0 aromatic heterocycles. The van der Waals surface area contributed by atoms with Crippen molar-refractivity contribution in [2.45, 2.75) is 24.8 Å². The van der Waals surface area contributed by atoms with Gasteiger partial charge in [0.25, 0.3) is 0 Å². The maximum atomic E-state index is 11.7. The summed E-state index contributed by atoms with van der Waals surface area (Å²) < 4.78 is 0. The van der Waals surface area contributed by atoms with Crippen LogP contribution in [-0.4, -0.2) is 29.7 Å². The standard InChI is InChI=1S/C13H19N3OS2/c1-4-15-13(17)8(2)16-9-6-5-7-10(19-3)11(9)12(14)18/h5-8,16H,4H2,1-3H3,(H2,14,18)(H,15,17). The van der Waals surface area contributed by atoms with Gasteiger partial charge in [0, 0.05) is 22.7 Å². The van der Waals surface area contributed by atoms with Crippen LogP contribution in [0, 0.1) is 0 Å². The van der Waals surface area contributed by atoms with Gasteiger partial charge in [-0.05, 0) is 32.2 Å². The van der Waals surface area contributed by atoms with Crippen molar-refractivity contribution >= 4 is 40.6 Å². The number of likely N-dealkylation sites (N-methyl/N-ethyl adjacent to an activating group) is 1. The van der Waals surface area contributed by atoms with Crippen LogP contribution >= 0.6 is 24.0 Å². The van der Waals surface area contributed by atoms with Crippen LogP contribution in [0.2, 0.25) is 0 Å². The predicted octanol–water partition coefficient (Wildman–Crippen LogP) is 1.98. The number of thiocarbonyl (C=S) groups is 1. The lowest BCUT2D eigenvalue weighted by Gasteiger charge is -2.18. The molecule has 0 spiro atoms. The molecule has 0 aliphatic rings. The first kappa shape index (κ1) is 15.8. The number of carbonyl (C=O) groups excluding carboxylic acids is 1. The molecular formula is C13H19N3OS2. The lowest BCUT2D eigenvalue weighted by molar-refractivity contribution is -0.121. The third-order valence-corrected chi connectivity index (χ3v) is 3.59. The molecule has 4 nitrogen and oxygen atoms in total. The molecule has 1 aromatic rings. The Labute approximate surface area is 123 Å². The average Bonchev–Trinajstić information content (AvgIpc) is 2.38. The number of carbonyl (C=O) groups is 1. The number of benzene rings is 1. The van der Waals surface area contributed by atoms with Crippen molar-refractivity contribution in [3.8, 4) is 0 Å². The highest BCUT2D eigenvalue weighted by molar-refractivity contribution is 7.98. The van der Waals surface area contributed by atoms with E-state index in [-0.39, 0.29) is 11.9 Å². The van der Waals surface area contributed by atoms with Crippen LogP contribution in [0.25, 0.3) is 0 Å². The Morgan fingerprint density at radius 1 is 1.53 bits per heavy atom. The highest BCUT2D eigenvalue weighted by Gasteiger charge is 2.16. The van der Waals surface area contributed by atoms with Crippen LogP contribution in [0.3, 0.4) is 0 Å². The fourth-order valence-electron chi connectivity index (χ4n) is 1.70. The zero-order valence-electron chi connectivity index (χ0n) is 11.3. The van der Waals surface area contributed by atoms with Gasteiger partial charge in [-0.1, -0.05) is 18.3 Å². The number of nitrogens with one attached hydrogen (secondary N) is 2. The maximum Gasteiger partial charge on any atom is 0.242 e. The molecule has 0 fully saturated rings. The molecule has 0 bridgehead atoms. The molecule has 0 radical (unpaired) electrons. The Morgan fingerprint density at radius 2 is 2.21 bits per heavy atom. The van der Waals surface area contributed by atoms with Gasteiger partial charge in [-0.15, -0.1) is 11.8 Å². The third kappa shape index (κ3) is 4.11. The molecule has 1 aromatic carbocycles. The molecule has 0 saturated heterocycles. The second-order valence-electron chi connectivity index (χ2n) is 4.01. The van der Waals surface area contributed by atoms with Crippen LogP contribution < -0.4 is 16.4 Å². The van der Waals surface area contributed by atoms with E-state index in [0.29, 0.717) is 11.5 Å². The molecule has 0 aliphatic carbocycles. The largest absolute Gasteiger partial charge is 0.389 e. The first-order valence-corrected chi connectivity index (χ1v) is 7.65. The summed E-state index contributed by atoms with van der Waals surface area (Å²) in [6.45, 7) is 4.30. The minimum atomic E-state index is -0.342. The van der Waals surface area contributed by atoms with E-state index in [4.69, 9.17) is 18.0 Å². The summed E-state index contributed by atoms with van der Waals surface area (Å²) in [5, 5.41) is 5.93. The molecule has 1 rings (SSSR count). The van der Waals surface area contributed by atoms with Gasteiger partial charge in [0.05, 0.1) is 0 Å². The highest BCUT2D eigenvalue weighted by Crippen LogP contribution is 2.27. The third-order valence-electron chi connectivity index (χ3n) is 2.61. The van der Waals surface area contributed by atoms with Gasteiger partial charge in [-0.25, -0.2) is 0 Å². The van der Waals surface area contributed by atoms with E-state index in [2.05, 4.69) is 10.6 Å². The SMILES string of the molecule is CCNC(=O)C(C)Nc1cccc(SC)c1C(N)=S. The fraction of sp³-hybridized carbons (Fsp3) is 0.385. The number of hydrogen-bond donors (Lipinski definition) is 3. The van der Waals surface area contributed by atoms with Gasteiger partial charge >= 0.3 is 0 Å². The Kier molecular flexibility index (Phi) is 6.11. The summed E-state index contributed by atoms with van der Waals surface area (Å²) in [6.07, 6.45) is 1.97. The van der Waals surface area contributed by atoms with Crippen LogP contribution in [0.4, 0.5) is 5.69 Å². The number of thioether (sulfide) groups is 1. The molecule has 1 unspecified atom stereocenters.